The monoisotopic (exact) mass is 331 g/mol. The van der Waals surface area contributed by atoms with E-state index in [1.807, 2.05) is 31.2 Å². The van der Waals surface area contributed by atoms with Crippen molar-refractivity contribution in [2.24, 2.45) is 5.92 Å². The smallest absolute Gasteiger partial charge is 0.325 e. The van der Waals surface area contributed by atoms with Crippen LogP contribution in [0.2, 0.25) is 0 Å². The second-order valence-corrected chi connectivity index (χ2v) is 5.87. The highest BCUT2D eigenvalue weighted by atomic mass is 19.1. The molecule has 128 valence electrons. The molecule has 0 radical (unpaired) electrons. The Kier molecular flexibility index (Phi) is 6.32. The van der Waals surface area contributed by atoms with Crippen molar-refractivity contribution in [2.45, 2.75) is 19.4 Å². The van der Waals surface area contributed by atoms with Gasteiger partial charge < -0.3 is 15.2 Å². The molecule has 0 aliphatic carbocycles. The van der Waals surface area contributed by atoms with Crippen LogP contribution in [0.15, 0.2) is 48.5 Å². The predicted molar refractivity (Wildman–Crippen MR) is 90.6 cm³/mol. The van der Waals surface area contributed by atoms with Gasteiger partial charge in [0.2, 0.25) is 0 Å². The average Bonchev–Trinajstić information content (AvgIpc) is 2.56. The van der Waals surface area contributed by atoms with Gasteiger partial charge in [-0.15, -0.1) is 0 Å². The van der Waals surface area contributed by atoms with E-state index in [1.54, 1.807) is 18.2 Å². The number of methoxy groups -OCH3 is 1. The second kappa shape index (κ2) is 8.45. The normalized spacial score (nSPS) is 13.3. The molecule has 0 spiro atoms. The van der Waals surface area contributed by atoms with Gasteiger partial charge in [0.15, 0.2) is 11.6 Å². The number of hydrogen-bond donors (Lipinski definition) is 2. The van der Waals surface area contributed by atoms with Crippen LogP contribution in [0, 0.1) is 11.7 Å². The summed E-state index contributed by atoms with van der Waals surface area (Å²) >= 11 is 0. The number of carboxylic acid groups (broad SMARTS) is 1. The van der Waals surface area contributed by atoms with E-state index < -0.39 is 12.0 Å². The molecule has 2 aromatic rings. The molecular weight excluding hydrogens is 309 g/mol. The molecule has 0 saturated heterocycles. The molecule has 0 heterocycles. The lowest BCUT2D eigenvalue weighted by atomic mass is 9.99. The summed E-state index contributed by atoms with van der Waals surface area (Å²) in [7, 11) is 1.43. The van der Waals surface area contributed by atoms with Crippen molar-refractivity contribution in [3.8, 4) is 5.75 Å². The summed E-state index contributed by atoms with van der Waals surface area (Å²) in [4.78, 5) is 11.5. The topological polar surface area (TPSA) is 58.6 Å². The van der Waals surface area contributed by atoms with Gasteiger partial charge in [0.25, 0.3) is 0 Å². The lowest BCUT2D eigenvalue weighted by Gasteiger charge is -2.18. The third-order valence-corrected chi connectivity index (χ3v) is 3.85. The van der Waals surface area contributed by atoms with Gasteiger partial charge in [0, 0.05) is 0 Å². The van der Waals surface area contributed by atoms with Crippen molar-refractivity contribution in [3.05, 3.63) is 65.5 Å². The van der Waals surface area contributed by atoms with Gasteiger partial charge >= 0.3 is 5.97 Å². The van der Waals surface area contributed by atoms with Crippen LogP contribution < -0.4 is 10.1 Å². The maximum absolute atomic E-state index is 13.7. The Balaban J connectivity index is 1.95. The maximum atomic E-state index is 13.7. The standard InChI is InChI=1S/C19H22FNO3/c1-13(10-14-8-9-17(24-2)16(20)11-14)12-21-18(19(22)23)15-6-4-3-5-7-15/h3-9,11,13,18,21H,10,12H2,1-2H3,(H,22,23)/t13?,18-/m1/s1. The van der Waals surface area contributed by atoms with Crippen LogP contribution in [-0.2, 0) is 11.2 Å². The molecule has 24 heavy (non-hydrogen) atoms. The number of ether oxygens (including phenoxy) is 1. The Morgan fingerprint density at radius 2 is 1.96 bits per heavy atom. The van der Waals surface area contributed by atoms with Crippen molar-refractivity contribution in [1.82, 2.24) is 5.32 Å². The Morgan fingerprint density at radius 3 is 2.54 bits per heavy atom. The van der Waals surface area contributed by atoms with E-state index in [1.165, 1.54) is 13.2 Å². The number of carboxylic acids is 1. The summed E-state index contributed by atoms with van der Waals surface area (Å²) < 4.78 is 18.6. The first-order valence-electron chi connectivity index (χ1n) is 7.84. The average molecular weight is 331 g/mol. The molecule has 2 atom stereocenters. The minimum Gasteiger partial charge on any atom is -0.494 e. The van der Waals surface area contributed by atoms with Gasteiger partial charge in [-0.25, -0.2) is 4.39 Å². The van der Waals surface area contributed by atoms with Crippen molar-refractivity contribution in [2.75, 3.05) is 13.7 Å². The summed E-state index contributed by atoms with van der Waals surface area (Å²) in [5.74, 6) is -0.922. The molecular formula is C19H22FNO3. The highest BCUT2D eigenvalue weighted by Crippen LogP contribution is 2.20. The van der Waals surface area contributed by atoms with Gasteiger partial charge in [0.1, 0.15) is 6.04 Å². The quantitative estimate of drug-likeness (QED) is 0.778. The molecule has 0 amide bonds. The van der Waals surface area contributed by atoms with Crippen LogP contribution in [0.25, 0.3) is 0 Å². The van der Waals surface area contributed by atoms with Gasteiger partial charge in [-0.2, -0.15) is 0 Å². The Hall–Kier alpha value is -2.40. The third kappa shape index (κ3) is 4.80. The number of carbonyl (C=O) groups is 1. The fourth-order valence-electron chi connectivity index (χ4n) is 2.62. The summed E-state index contributed by atoms with van der Waals surface area (Å²) in [5.41, 5.74) is 1.57. The first-order valence-corrected chi connectivity index (χ1v) is 7.84. The minimum absolute atomic E-state index is 0.156. The molecule has 0 aliphatic heterocycles. The number of hydrogen-bond acceptors (Lipinski definition) is 3. The molecule has 2 aromatic carbocycles. The minimum atomic E-state index is -0.913. The fraction of sp³-hybridized carbons (Fsp3) is 0.316. The predicted octanol–water partition coefficient (Wildman–Crippen LogP) is 3.43. The summed E-state index contributed by atoms with van der Waals surface area (Å²) in [6.07, 6.45) is 0.648. The second-order valence-electron chi connectivity index (χ2n) is 5.87. The van der Waals surface area contributed by atoms with Crippen LogP contribution in [0.3, 0.4) is 0 Å². The Bertz CT molecular complexity index is 676. The van der Waals surface area contributed by atoms with E-state index in [0.29, 0.717) is 18.5 Å². The molecule has 2 rings (SSSR count). The molecule has 0 bridgehead atoms. The first kappa shape index (κ1) is 17.9. The lowest BCUT2D eigenvalue weighted by Crippen LogP contribution is -2.32. The zero-order valence-electron chi connectivity index (χ0n) is 13.8. The van der Waals surface area contributed by atoms with Crippen LogP contribution in [0.1, 0.15) is 24.1 Å². The van der Waals surface area contributed by atoms with Gasteiger partial charge in [-0.05, 0) is 42.1 Å². The molecule has 0 saturated carbocycles. The molecule has 0 aromatic heterocycles. The van der Waals surface area contributed by atoms with Gasteiger partial charge in [0.05, 0.1) is 7.11 Å². The van der Waals surface area contributed by atoms with E-state index in [2.05, 4.69) is 5.32 Å². The summed E-state index contributed by atoms with van der Waals surface area (Å²) in [6.45, 7) is 2.51. The zero-order valence-corrected chi connectivity index (χ0v) is 13.8. The molecule has 2 N–H and O–H groups in total. The number of benzene rings is 2. The van der Waals surface area contributed by atoms with Gasteiger partial charge in [-0.3, -0.25) is 4.79 Å². The number of halogens is 1. The Morgan fingerprint density at radius 1 is 1.25 bits per heavy atom. The number of rotatable bonds is 8. The van der Waals surface area contributed by atoms with Crippen molar-refractivity contribution < 1.29 is 19.0 Å². The highest BCUT2D eigenvalue weighted by Gasteiger charge is 2.19. The zero-order chi connectivity index (χ0) is 17.5. The first-order chi connectivity index (χ1) is 11.5. The molecule has 0 aliphatic rings. The van der Waals surface area contributed by atoms with Crippen LogP contribution in [0.4, 0.5) is 4.39 Å². The van der Waals surface area contributed by atoms with Crippen LogP contribution in [0.5, 0.6) is 5.75 Å². The Labute approximate surface area is 141 Å². The fourth-order valence-corrected chi connectivity index (χ4v) is 2.62. The lowest BCUT2D eigenvalue weighted by molar-refractivity contribution is -0.139. The summed E-state index contributed by atoms with van der Waals surface area (Å²) in [6, 6.07) is 13.2. The maximum Gasteiger partial charge on any atom is 0.325 e. The van der Waals surface area contributed by atoms with Crippen molar-refractivity contribution >= 4 is 5.97 Å². The van der Waals surface area contributed by atoms with E-state index >= 15 is 0 Å². The van der Waals surface area contributed by atoms with Crippen LogP contribution in [-0.4, -0.2) is 24.7 Å². The summed E-state index contributed by atoms with van der Waals surface area (Å²) in [5, 5.41) is 12.5. The van der Waals surface area contributed by atoms with E-state index in [9.17, 15) is 14.3 Å². The van der Waals surface area contributed by atoms with Crippen molar-refractivity contribution in [1.29, 1.82) is 0 Å². The van der Waals surface area contributed by atoms with Crippen LogP contribution >= 0.6 is 0 Å². The van der Waals surface area contributed by atoms with E-state index in [4.69, 9.17) is 4.74 Å². The van der Waals surface area contributed by atoms with E-state index in [0.717, 1.165) is 5.56 Å². The number of aliphatic carboxylic acids is 1. The molecule has 1 unspecified atom stereocenters. The van der Waals surface area contributed by atoms with E-state index in [-0.39, 0.29) is 17.5 Å². The molecule has 4 nitrogen and oxygen atoms in total. The molecule has 5 heteroatoms. The number of nitrogens with one attached hydrogen (secondary N) is 1. The van der Waals surface area contributed by atoms with Crippen molar-refractivity contribution in [3.63, 3.8) is 0 Å². The third-order valence-electron chi connectivity index (χ3n) is 3.85. The SMILES string of the molecule is COc1ccc(CC(C)CN[C@@H](C(=O)O)c2ccccc2)cc1F. The largest absolute Gasteiger partial charge is 0.494 e. The van der Waals surface area contributed by atoms with Gasteiger partial charge in [-0.1, -0.05) is 43.3 Å². The highest BCUT2D eigenvalue weighted by molar-refractivity contribution is 5.75. The molecule has 0 fully saturated rings.